The Morgan fingerprint density at radius 3 is 1.62 bits per heavy atom. The summed E-state index contributed by atoms with van der Waals surface area (Å²) in [5.74, 6) is 0.630. The van der Waals surface area contributed by atoms with Crippen LogP contribution in [0.3, 0.4) is 0 Å². The molecule has 1 radical (unpaired) electrons. The van der Waals surface area contributed by atoms with Gasteiger partial charge in [0, 0.05) is 28.5 Å². The maximum atomic E-state index is 10.3. The van der Waals surface area contributed by atoms with Crippen LogP contribution >= 0.6 is 0 Å². The van der Waals surface area contributed by atoms with E-state index in [1.165, 1.54) is 0 Å². The minimum absolute atomic E-state index is 0.630. The van der Waals surface area contributed by atoms with Crippen molar-refractivity contribution >= 4 is 12.9 Å². The Kier molecular flexibility index (Phi) is 7.42. The van der Waals surface area contributed by atoms with Crippen LogP contribution in [0.25, 0.3) is 45.2 Å². The quantitative estimate of drug-likeness (QED) is 0.246. The van der Waals surface area contributed by atoms with Crippen LogP contribution in [0.5, 0.6) is 0 Å². The zero-order chi connectivity index (χ0) is 27.5. The summed E-state index contributed by atoms with van der Waals surface area (Å²) in [5, 5.41) is 10.3. The summed E-state index contributed by atoms with van der Waals surface area (Å²) in [5.41, 5.74) is 5.72. The standard InChI is InChI=1S/C33H31BN3O2/c1-32(2,38)33(3,4)39-34-27-18-15-25(16-19-27)28-20-17-26(22-35-28)31-36-29(23-11-7-5-8-12-23)21-30(37-31)24-13-9-6-10-14-24/h5-22,38H,1-4H3. The van der Waals surface area contributed by atoms with Crippen molar-refractivity contribution in [1.29, 1.82) is 0 Å². The number of nitrogens with zero attached hydrogens (tertiary/aromatic N) is 3. The molecule has 0 fully saturated rings. The lowest BCUT2D eigenvalue weighted by Gasteiger charge is -2.37. The minimum atomic E-state index is -0.971. The molecule has 5 rings (SSSR count). The van der Waals surface area contributed by atoms with Crippen LogP contribution < -0.4 is 5.46 Å². The van der Waals surface area contributed by atoms with Gasteiger partial charge < -0.3 is 9.76 Å². The summed E-state index contributed by atoms with van der Waals surface area (Å²) in [6.07, 6.45) is 1.82. The third kappa shape index (κ3) is 6.14. The normalized spacial score (nSPS) is 11.8. The lowest BCUT2D eigenvalue weighted by molar-refractivity contribution is -0.0893. The fourth-order valence-electron chi connectivity index (χ4n) is 3.88. The molecule has 0 saturated carbocycles. The molecule has 2 heterocycles. The van der Waals surface area contributed by atoms with Crippen LogP contribution in [0.2, 0.25) is 0 Å². The molecule has 0 aliphatic heterocycles. The van der Waals surface area contributed by atoms with Crippen molar-refractivity contribution in [3.8, 4) is 45.2 Å². The number of benzene rings is 3. The van der Waals surface area contributed by atoms with Crippen LogP contribution in [0.4, 0.5) is 0 Å². The molecule has 193 valence electrons. The first-order valence-electron chi connectivity index (χ1n) is 13.0. The van der Waals surface area contributed by atoms with Gasteiger partial charge in [-0.3, -0.25) is 4.98 Å². The van der Waals surface area contributed by atoms with Gasteiger partial charge in [0.15, 0.2) is 5.82 Å². The molecule has 3 aromatic carbocycles. The van der Waals surface area contributed by atoms with E-state index in [9.17, 15) is 5.11 Å². The lowest BCUT2D eigenvalue weighted by atomic mass is 9.82. The summed E-state index contributed by atoms with van der Waals surface area (Å²) in [4.78, 5) is 14.5. The highest BCUT2D eigenvalue weighted by Gasteiger charge is 2.35. The molecular weight excluding hydrogens is 481 g/mol. The SMILES string of the molecule is CC(C)(O)C(C)(C)O[B]c1ccc(-c2ccc(-c3nc(-c4ccccc4)cc(-c4ccccc4)n3)cn2)cc1. The third-order valence-corrected chi connectivity index (χ3v) is 7.06. The van der Waals surface area contributed by atoms with E-state index in [1.807, 2.05) is 98.9 Å². The van der Waals surface area contributed by atoms with Crippen LogP contribution in [-0.2, 0) is 4.65 Å². The minimum Gasteiger partial charge on any atom is -0.427 e. The molecule has 0 atom stereocenters. The number of rotatable bonds is 8. The van der Waals surface area contributed by atoms with Crippen molar-refractivity contribution in [3.63, 3.8) is 0 Å². The van der Waals surface area contributed by atoms with E-state index in [2.05, 4.69) is 24.3 Å². The summed E-state index contributed by atoms with van der Waals surface area (Å²) in [6.45, 7) is 7.21. The highest BCUT2D eigenvalue weighted by molar-refractivity contribution is 6.47. The first-order chi connectivity index (χ1) is 18.7. The van der Waals surface area contributed by atoms with E-state index >= 15 is 0 Å². The van der Waals surface area contributed by atoms with Crippen molar-refractivity contribution in [1.82, 2.24) is 15.0 Å². The van der Waals surface area contributed by atoms with Gasteiger partial charge in [0.2, 0.25) is 0 Å². The second-order valence-electron chi connectivity index (χ2n) is 10.6. The van der Waals surface area contributed by atoms with Crippen molar-refractivity contribution in [3.05, 3.63) is 109 Å². The van der Waals surface area contributed by atoms with E-state index in [0.29, 0.717) is 5.82 Å². The van der Waals surface area contributed by atoms with E-state index in [-0.39, 0.29) is 0 Å². The maximum Gasteiger partial charge on any atom is 0.330 e. The molecule has 0 saturated heterocycles. The molecule has 5 aromatic rings. The van der Waals surface area contributed by atoms with E-state index < -0.39 is 11.2 Å². The number of aliphatic hydroxyl groups is 1. The van der Waals surface area contributed by atoms with Gasteiger partial charge in [0.25, 0.3) is 0 Å². The molecule has 0 aliphatic carbocycles. The number of aromatic nitrogens is 3. The Balaban J connectivity index is 1.39. The third-order valence-electron chi connectivity index (χ3n) is 7.06. The molecule has 5 nitrogen and oxygen atoms in total. The first-order valence-corrected chi connectivity index (χ1v) is 13.0. The average molecular weight is 512 g/mol. The van der Waals surface area contributed by atoms with Crippen LogP contribution in [0, 0.1) is 0 Å². The number of pyridine rings is 1. The largest absolute Gasteiger partial charge is 0.427 e. The Hall–Kier alpha value is -4.13. The molecule has 0 spiro atoms. The number of hydrogen-bond acceptors (Lipinski definition) is 5. The van der Waals surface area contributed by atoms with Crippen LogP contribution in [0.1, 0.15) is 27.7 Å². The summed E-state index contributed by atoms with van der Waals surface area (Å²) in [7, 11) is 1.68. The van der Waals surface area contributed by atoms with Gasteiger partial charge in [-0.15, -0.1) is 0 Å². The highest BCUT2D eigenvalue weighted by Crippen LogP contribution is 2.28. The van der Waals surface area contributed by atoms with Gasteiger partial charge >= 0.3 is 7.48 Å². The molecule has 0 aliphatic rings. The Morgan fingerprint density at radius 2 is 1.13 bits per heavy atom. The summed E-state index contributed by atoms with van der Waals surface area (Å²) < 4.78 is 5.87. The molecular formula is C33H31BN3O2. The molecule has 6 heteroatoms. The second kappa shape index (κ2) is 10.9. The predicted octanol–water partition coefficient (Wildman–Crippen LogP) is 6.35. The van der Waals surface area contributed by atoms with Crippen molar-refractivity contribution < 1.29 is 9.76 Å². The molecule has 0 amide bonds. The van der Waals surface area contributed by atoms with Crippen molar-refractivity contribution in [2.45, 2.75) is 38.9 Å². The average Bonchev–Trinajstić information content (AvgIpc) is 2.97. The summed E-state index contributed by atoms with van der Waals surface area (Å²) in [6, 6.07) is 34.3. The van der Waals surface area contributed by atoms with Crippen LogP contribution in [-0.4, -0.2) is 38.7 Å². The monoisotopic (exact) mass is 512 g/mol. The Labute approximate surface area is 230 Å². The Bertz CT molecular complexity index is 1470. The molecule has 1 N–H and O–H groups in total. The zero-order valence-electron chi connectivity index (χ0n) is 22.7. The Morgan fingerprint density at radius 1 is 0.615 bits per heavy atom. The summed E-state index contributed by atoms with van der Waals surface area (Å²) >= 11 is 0. The predicted molar refractivity (Wildman–Crippen MR) is 158 cm³/mol. The maximum absolute atomic E-state index is 10.3. The van der Waals surface area contributed by atoms with Gasteiger partial charge in [0.1, 0.15) is 0 Å². The molecule has 2 aromatic heterocycles. The van der Waals surface area contributed by atoms with Gasteiger partial charge in [-0.2, -0.15) is 0 Å². The van der Waals surface area contributed by atoms with Gasteiger partial charge in [-0.25, -0.2) is 9.97 Å². The second-order valence-corrected chi connectivity index (χ2v) is 10.6. The van der Waals surface area contributed by atoms with Gasteiger partial charge in [0.05, 0.1) is 28.3 Å². The lowest BCUT2D eigenvalue weighted by Crippen LogP contribution is -2.49. The highest BCUT2D eigenvalue weighted by atomic mass is 16.5. The molecule has 0 unspecified atom stereocenters. The smallest absolute Gasteiger partial charge is 0.330 e. The van der Waals surface area contributed by atoms with Crippen molar-refractivity contribution in [2.24, 2.45) is 0 Å². The van der Waals surface area contributed by atoms with E-state index in [4.69, 9.17) is 19.6 Å². The molecule has 39 heavy (non-hydrogen) atoms. The van der Waals surface area contributed by atoms with Crippen LogP contribution in [0.15, 0.2) is 109 Å². The zero-order valence-corrected chi connectivity index (χ0v) is 22.7. The topological polar surface area (TPSA) is 68.1 Å². The number of hydrogen-bond donors (Lipinski definition) is 1. The fraction of sp³-hybridized carbons (Fsp3) is 0.182. The van der Waals surface area contributed by atoms with E-state index in [0.717, 1.165) is 44.8 Å². The van der Waals surface area contributed by atoms with Gasteiger partial charge in [-0.05, 0) is 45.9 Å². The van der Waals surface area contributed by atoms with E-state index in [1.54, 1.807) is 21.3 Å². The molecule has 0 bridgehead atoms. The fourth-order valence-corrected chi connectivity index (χ4v) is 3.88. The van der Waals surface area contributed by atoms with Gasteiger partial charge in [-0.1, -0.05) is 90.4 Å². The first kappa shape index (κ1) is 26.5. The van der Waals surface area contributed by atoms with Crippen molar-refractivity contribution in [2.75, 3.05) is 0 Å².